The Morgan fingerprint density at radius 2 is 2.31 bits per heavy atom. The van der Waals surface area contributed by atoms with Crippen molar-refractivity contribution < 1.29 is 23.6 Å². The second-order valence-corrected chi connectivity index (χ2v) is 3.05. The number of aliphatic carboxylic acids is 1. The summed E-state index contributed by atoms with van der Waals surface area (Å²) < 4.78 is 79.7. The predicted octanol–water partition coefficient (Wildman–Crippen LogP) is 2.00. The van der Waals surface area contributed by atoms with E-state index in [2.05, 4.69) is 0 Å². The highest BCUT2D eigenvalue weighted by atomic mass is 16.4. The second-order valence-electron chi connectivity index (χ2n) is 3.05. The van der Waals surface area contributed by atoms with Gasteiger partial charge in [0.05, 0.1) is 5.89 Å². The van der Waals surface area contributed by atoms with E-state index in [1.165, 1.54) is 18.2 Å². The molecule has 1 heterocycles. The van der Waals surface area contributed by atoms with Gasteiger partial charge in [-0.25, -0.2) is 0 Å². The maximum absolute atomic E-state index is 11.9. The molecule has 0 unspecified atom stereocenters. The number of carbonyl (C=O) groups is 1. The van der Waals surface area contributed by atoms with Gasteiger partial charge in [0.15, 0.2) is 0 Å². The fourth-order valence-electron chi connectivity index (χ4n) is 1.35. The number of benzene rings is 1. The Hall–Kier alpha value is -1.35. The van der Waals surface area contributed by atoms with Gasteiger partial charge in [0.1, 0.15) is 0 Å². The van der Waals surface area contributed by atoms with Crippen LogP contribution in [0.2, 0.25) is 0 Å². The van der Waals surface area contributed by atoms with Crippen molar-refractivity contribution in [2.75, 3.05) is 6.50 Å². The quantitative estimate of drug-likeness (QED) is 0.833. The SMILES string of the molecule is [2H]C1([2H])N[C@@]([2H])([C@]([2H])(C(=O)O)c2ccccc2)C([2H])([2H])C([2H])([2H])C1([2H])[2H]. The predicted molar refractivity (Wildman–Crippen MR) is 62.5 cm³/mol. The summed E-state index contributed by atoms with van der Waals surface area (Å²) in [5.74, 6) is -5.20. The van der Waals surface area contributed by atoms with Gasteiger partial charge in [-0.1, -0.05) is 36.7 Å². The molecule has 2 N–H and O–H groups in total. The standard InChI is InChI=1S/C13H17NO2/c15-13(16)12(10-6-2-1-3-7-10)11-8-4-5-9-14-11/h1-3,6-7,11-12,14H,4-5,8-9H2,(H,15,16)/t11-,12-/m1/s1/i4D2,5D2,8D2,9D2,11D,12D. The average molecular weight is 229 g/mol. The average Bonchev–Trinajstić information content (AvgIpc) is 2.52. The molecule has 3 heteroatoms. The van der Waals surface area contributed by atoms with Gasteiger partial charge in [-0.15, -0.1) is 0 Å². The van der Waals surface area contributed by atoms with Crippen LogP contribution in [0.3, 0.4) is 0 Å². The lowest BCUT2D eigenvalue weighted by molar-refractivity contribution is -0.139. The zero-order chi connectivity index (χ0) is 20.4. The molecule has 1 aromatic carbocycles. The van der Waals surface area contributed by atoms with Crippen LogP contribution in [-0.4, -0.2) is 23.6 Å². The first kappa shape index (κ1) is 4.15. The van der Waals surface area contributed by atoms with Gasteiger partial charge in [0.25, 0.3) is 0 Å². The zero-order valence-corrected chi connectivity index (χ0v) is 8.24. The fraction of sp³-hybridized carbons (Fsp3) is 0.462. The topological polar surface area (TPSA) is 49.3 Å². The van der Waals surface area contributed by atoms with E-state index in [-0.39, 0.29) is 5.56 Å². The first-order valence-corrected chi connectivity index (χ1v) is 4.59. The molecular weight excluding hydrogens is 202 g/mol. The Bertz CT molecular complexity index is 725. The van der Waals surface area contributed by atoms with E-state index in [1.54, 1.807) is 5.32 Å². The van der Waals surface area contributed by atoms with Crippen molar-refractivity contribution >= 4 is 5.97 Å². The van der Waals surface area contributed by atoms with Crippen molar-refractivity contribution in [3.05, 3.63) is 35.9 Å². The van der Waals surface area contributed by atoms with Gasteiger partial charge in [0.2, 0.25) is 0 Å². The van der Waals surface area contributed by atoms with E-state index < -0.39 is 43.5 Å². The van der Waals surface area contributed by atoms with E-state index in [4.69, 9.17) is 13.7 Å². The van der Waals surface area contributed by atoms with Gasteiger partial charge in [-0.05, 0) is 24.8 Å². The number of nitrogens with one attached hydrogen (secondary N) is 1. The lowest BCUT2D eigenvalue weighted by Gasteiger charge is -2.29. The highest BCUT2D eigenvalue weighted by Crippen LogP contribution is 2.25. The maximum atomic E-state index is 11.9. The molecule has 0 bridgehead atoms. The van der Waals surface area contributed by atoms with E-state index >= 15 is 0 Å². The Morgan fingerprint density at radius 1 is 1.56 bits per heavy atom. The summed E-state index contributed by atoms with van der Waals surface area (Å²) in [6, 6.07) is 3.01. The van der Waals surface area contributed by atoms with Crippen LogP contribution in [0.4, 0.5) is 0 Å². The summed E-state index contributed by atoms with van der Waals surface area (Å²) in [6.07, 6.45) is -10.7. The second kappa shape index (κ2) is 5.12. The summed E-state index contributed by atoms with van der Waals surface area (Å²) in [5, 5.41) is 11.3. The van der Waals surface area contributed by atoms with Gasteiger partial charge in [-0.3, -0.25) is 4.79 Å². The third kappa shape index (κ3) is 2.42. The Labute approximate surface area is 110 Å². The molecule has 3 nitrogen and oxygen atoms in total. The number of carboxylic acids is 1. The zero-order valence-electron chi connectivity index (χ0n) is 18.2. The van der Waals surface area contributed by atoms with Crippen LogP contribution in [-0.2, 0) is 4.79 Å². The first-order chi connectivity index (χ1) is 11.5. The van der Waals surface area contributed by atoms with Crippen LogP contribution < -0.4 is 5.32 Å². The van der Waals surface area contributed by atoms with Crippen LogP contribution in [0.5, 0.6) is 0 Å². The Morgan fingerprint density at radius 3 is 3.00 bits per heavy atom. The fourth-order valence-corrected chi connectivity index (χ4v) is 1.35. The lowest BCUT2D eigenvalue weighted by Crippen LogP contribution is -2.41. The molecule has 0 amide bonds. The van der Waals surface area contributed by atoms with Crippen LogP contribution in [0, 0.1) is 0 Å². The number of hydrogen-bond acceptors (Lipinski definition) is 2. The molecule has 1 fully saturated rings. The Kier molecular flexibility index (Phi) is 1.33. The first-order valence-electron chi connectivity index (χ1n) is 9.59. The molecule has 0 saturated carbocycles. The highest BCUT2D eigenvalue weighted by Gasteiger charge is 2.30. The molecule has 1 saturated heterocycles. The van der Waals surface area contributed by atoms with E-state index in [1.807, 2.05) is 0 Å². The highest BCUT2D eigenvalue weighted by molar-refractivity contribution is 5.77. The largest absolute Gasteiger partial charge is 0.481 e. The molecule has 0 radical (unpaired) electrons. The third-order valence-electron chi connectivity index (χ3n) is 2.03. The van der Waals surface area contributed by atoms with Crippen LogP contribution in [0.15, 0.2) is 30.3 Å². The van der Waals surface area contributed by atoms with Gasteiger partial charge >= 0.3 is 5.97 Å². The van der Waals surface area contributed by atoms with Gasteiger partial charge < -0.3 is 10.4 Å². The number of rotatable bonds is 3. The van der Waals surface area contributed by atoms with Crippen molar-refractivity contribution in [1.82, 2.24) is 5.32 Å². The van der Waals surface area contributed by atoms with Crippen LogP contribution in [0.25, 0.3) is 0 Å². The normalized spacial score (nSPS) is 51.0. The number of hydrogen-bond donors (Lipinski definition) is 2. The van der Waals surface area contributed by atoms with Crippen LogP contribution >= 0.6 is 0 Å². The minimum atomic E-state index is -3.63. The minimum absolute atomic E-state index is 0.382. The molecule has 0 aliphatic carbocycles. The third-order valence-corrected chi connectivity index (χ3v) is 2.03. The lowest BCUT2D eigenvalue weighted by atomic mass is 9.86. The molecule has 1 aliphatic rings. The summed E-state index contributed by atoms with van der Waals surface area (Å²) in [5.41, 5.74) is -0.382. The maximum Gasteiger partial charge on any atom is 0.312 e. The van der Waals surface area contributed by atoms with Crippen molar-refractivity contribution in [2.24, 2.45) is 0 Å². The molecule has 0 spiro atoms. The molecule has 0 aromatic heterocycles. The molecule has 1 aromatic rings. The molecular formula is C13H17NO2. The molecule has 86 valence electrons. The van der Waals surface area contributed by atoms with Crippen molar-refractivity contribution in [1.29, 1.82) is 0 Å². The van der Waals surface area contributed by atoms with Crippen molar-refractivity contribution in [2.45, 2.75) is 31.0 Å². The number of carboxylic acid groups (broad SMARTS) is 1. The summed E-state index contributed by atoms with van der Waals surface area (Å²) in [6.45, 7) is -3.33. The van der Waals surface area contributed by atoms with Gasteiger partial charge in [0, 0.05) is 19.7 Å². The summed E-state index contributed by atoms with van der Waals surface area (Å²) in [7, 11) is 0. The van der Waals surface area contributed by atoms with E-state index in [0.717, 1.165) is 12.1 Å². The molecule has 16 heavy (non-hydrogen) atoms. The molecule has 1 aliphatic heterocycles. The molecule has 2 atom stereocenters. The van der Waals surface area contributed by atoms with Crippen molar-refractivity contribution in [3.8, 4) is 0 Å². The van der Waals surface area contributed by atoms with E-state index in [0.29, 0.717) is 0 Å². The van der Waals surface area contributed by atoms with Crippen LogP contribution in [0.1, 0.15) is 44.3 Å². The smallest absolute Gasteiger partial charge is 0.312 e. The monoisotopic (exact) mass is 229 g/mol. The summed E-state index contributed by atoms with van der Waals surface area (Å²) in [4.78, 5) is 11.9. The Balaban J connectivity index is 2.86. The minimum Gasteiger partial charge on any atom is -0.481 e. The van der Waals surface area contributed by atoms with Gasteiger partial charge in [-0.2, -0.15) is 0 Å². The van der Waals surface area contributed by atoms with Crippen molar-refractivity contribution in [3.63, 3.8) is 0 Å². The summed E-state index contributed by atoms with van der Waals surface area (Å²) >= 11 is 0. The van der Waals surface area contributed by atoms with E-state index in [9.17, 15) is 9.90 Å². The number of piperidine rings is 1. The molecule has 2 rings (SSSR count).